The molecule has 0 bridgehead atoms. The molecular formula is C22H21FN2O4S. The average molecular weight is 428 g/mol. The zero-order chi connectivity index (χ0) is 21.7. The summed E-state index contributed by atoms with van der Waals surface area (Å²) < 4.78 is 45.4. The summed E-state index contributed by atoms with van der Waals surface area (Å²) >= 11 is 0. The van der Waals surface area contributed by atoms with Crippen molar-refractivity contribution in [3.8, 4) is 5.75 Å². The van der Waals surface area contributed by atoms with Gasteiger partial charge in [0.15, 0.2) is 0 Å². The van der Waals surface area contributed by atoms with E-state index in [2.05, 4.69) is 5.32 Å². The van der Waals surface area contributed by atoms with Crippen molar-refractivity contribution in [3.05, 3.63) is 84.2 Å². The maximum Gasteiger partial charge on any atom is 0.264 e. The van der Waals surface area contributed by atoms with Crippen LogP contribution in [0.15, 0.2) is 77.7 Å². The largest absolute Gasteiger partial charge is 0.494 e. The molecule has 3 aromatic rings. The number of hydrogen-bond donors (Lipinski definition) is 1. The maximum absolute atomic E-state index is 13.1. The molecule has 6 nitrogen and oxygen atoms in total. The van der Waals surface area contributed by atoms with Crippen LogP contribution in [0.3, 0.4) is 0 Å². The van der Waals surface area contributed by atoms with Crippen LogP contribution in [0.4, 0.5) is 15.8 Å². The van der Waals surface area contributed by atoms with Crippen molar-refractivity contribution in [3.63, 3.8) is 0 Å². The van der Waals surface area contributed by atoms with Crippen molar-refractivity contribution in [1.29, 1.82) is 0 Å². The average Bonchev–Trinajstić information content (AvgIpc) is 2.75. The lowest BCUT2D eigenvalue weighted by Crippen LogP contribution is -2.26. The number of amides is 1. The van der Waals surface area contributed by atoms with Gasteiger partial charge in [-0.15, -0.1) is 0 Å². The number of hydrogen-bond acceptors (Lipinski definition) is 4. The molecule has 0 heterocycles. The Morgan fingerprint density at radius 1 is 1.03 bits per heavy atom. The van der Waals surface area contributed by atoms with Gasteiger partial charge >= 0.3 is 0 Å². The number of carbonyl (C=O) groups excluding carboxylic acids is 1. The highest BCUT2D eigenvalue weighted by Gasteiger charge is 2.22. The number of benzene rings is 3. The van der Waals surface area contributed by atoms with E-state index in [0.717, 1.165) is 4.31 Å². The van der Waals surface area contributed by atoms with Gasteiger partial charge in [-0.1, -0.05) is 6.07 Å². The first-order valence-corrected chi connectivity index (χ1v) is 10.6. The van der Waals surface area contributed by atoms with Gasteiger partial charge in [0, 0.05) is 18.3 Å². The minimum Gasteiger partial charge on any atom is -0.494 e. The lowest BCUT2D eigenvalue weighted by molar-refractivity contribution is 0.102. The van der Waals surface area contributed by atoms with E-state index in [0.29, 0.717) is 23.7 Å². The van der Waals surface area contributed by atoms with Gasteiger partial charge in [0.25, 0.3) is 15.9 Å². The lowest BCUT2D eigenvalue weighted by Gasteiger charge is -2.19. The van der Waals surface area contributed by atoms with Crippen LogP contribution in [0.2, 0.25) is 0 Å². The van der Waals surface area contributed by atoms with Crippen molar-refractivity contribution < 1.29 is 22.3 Å². The van der Waals surface area contributed by atoms with Gasteiger partial charge in [-0.3, -0.25) is 9.10 Å². The molecule has 0 fully saturated rings. The Bertz CT molecular complexity index is 1130. The molecule has 0 atom stereocenters. The monoisotopic (exact) mass is 428 g/mol. The second-order valence-corrected chi connectivity index (χ2v) is 8.36. The SMILES string of the molecule is CCOc1ccc(NC(=O)c2cccc(S(=O)(=O)N(C)c3ccc(F)cc3)c2)cc1. The maximum atomic E-state index is 13.1. The van der Waals surface area contributed by atoms with Gasteiger partial charge in [-0.25, -0.2) is 12.8 Å². The number of halogens is 1. The van der Waals surface area contributed by atoms with Crippen molar-refractivity contribution in [1.82, 2.24) is 0 Å². The van der Waals surface area contributed by atoms with Gasteiger partial charge < -0.3 is 10.1 Å². The Labute approximate surface area is 175 Å². The fourth-order valence-electron chi connectivity index (χ4n) is 2.75. The molecule has 8 heteroatoms. The Morgan fingerprint density at radius 3 is 2.33 bits per heavy atom. The van der Waals surface area contributed by atoms with Gasteiger partial charge in [0.1, 0.15) is 11.6 Å². The van der Waals surface area contributed by atoms with E-state index in [-0.39, 0.29) is 10.5 Å². The highest BCUT2D eigenvalue weighted by Crippen LogP contribution is 2.23. The molecule has 1 N–H and O–H groups in total. The predicted octanol–water partition coefficient (Wildman–Crippen LogP) is 4.30. The van der Waals surface area contributed by atoms with Gasteiger partial charge in [-0.05, 0) is 73.7 Å². The molecule has 0 saturated heterocycles. The zero-order valence-electron chi connectivity index (χ0n) is 16.5. The molecule has 3 aromatic carbocycles. The second kappa shape index (κ2) is 8.96. The topological polar surface area (TPSA) is 75.7 Å². The fraction of sp³-hybridized carbons (Fsp3) is 0.136. The van der Waals surface area contributed by atoms with Crippen LogP contribution in [-0.2, 0) is 10.0 Å². The Morgan fingerprint density at radius 2 is 1.70 bits per heavy atom. The molecular weight excluding hydrogens is 407 g/mol. The predicted molar refractivity (Wildman–Crippen MR) is 114 cm³/mol. The van der Waals surface area contributed by atoms with Crippen molar-refractivity contribution in [2.45, 2.75) is 11.8 Å². The highest BCUT2D eigenvalue weighted by molar-refractivity contribution is 7.92. The van der Waals surface area contributed by atoms with E-state index < -0.39 is 21.7 Å². The number of rotatable bonds is 7. The number of sulfonamides is 1. The molecule has 0 aliphatic rings. The van der Waals surface area contributed by atoms with E-state index in [1.165, 1.54) is 55.6 Å². The van der Waals surface area contributed by atoms with E-state index in [9.17, 15) is 17.6 Å². The quantitative estimate of drug-likeness (QED) is 0.609. The van der Waals surface area contributed by atoms with E-state index in [1.807, 2.05) is 6.92 Å². The molecule has 0 saturated carbocycles. The van der Waals surface area contributed by atoms with Crippen LogP contribution >= 0.6 is 0 Å². The molecule has 30 heavy (non-hydrogen) atoms. The molecule has 3 rings (SSSR count). The molecule has 0 spiro atoms. The van der Waals surface area contributed by atoms with Crippen LogP contribution in [0.5, 0.6) is 5.75 Å². The summed E-state index contributed by atoms with van der Waals surface area (Å²) in [6.45, 7) is 2.42. The van der Waals surface area contributed by atoms with Gasteiger partial charge in [0.2, 0.25) is 0 Å². The second-order valence-electron chi connectivity index (χ2n) is 6.39. The van der Waals surface area contributed by atoms with Crippen LogP contribution in [0.25, 0.3) is 0 Å². The van der Waals surface area contributed by atoms with Gasteiger partial charge in [-0.2, -0.15) is 0 Å². The first-order valence-electron chi connectivity index (χ1n) is 9.20. The van der Waals surface area contributed by atoms with E-state index in [4.69, 9.17) is 4.74 Å². The smallest absolute Gasteiger partial charge is 0.264 e. The molecule has 0 aliphatic heterocycles. The Kier molecular flexibility index (Phi) is 6.37. The molecule has 0 aromatic heterocycles. The third-order valence-corrected chi connectivity index (χ3v) is 6.15. The highest BCUT2D eigenvalue weighted by atomic mass is 32.2. The standard InChI is InChI=1S/C22H21FN2O4S/c1-3-29-20-13-9-18(10-14-20)24-22(26)16-5-4-6-21(15-16)30(27,28)25(2)19-11-7-17(23)8-12-19/h4-15H,3H2,1-2H3,(H,24,26). The Hall–Kier alpha value is -3.39. The third kappa shape index (κ3) is 4.77. The van der Waals surface area contributed by atoms with Crippen LogP contribution in [0.1, 0.15) is 17.3 Å². The molecule has 156 valence electrons. The van der Waals surface area contributed by atoms with E-state index >= 15 is 0 Å². The van der Waals surface area contributed by atoms with Crippen LogP contribution in [-0.4, -0.2) is 28.0 Å². The number of carbonyl (C=O) groups is 1. The van der Waals surface area contributed by atoms with Crippen molar-refractivity contribution >= 4 is 27.3 Å². The van der Waals surface area contributed by atoms with Crippen LogP contribution < -0.4 is 14.4 Å². The number of ether oxygens (including phenoxy) is 1. The summed E-state index contributed by atoms with van der Waals surface area (Å²) in [5, 5.41) is 2.73. The summed E-state index contributed by atoms with van der Waals surface area (Å²) in [5.74, 6) is -0.217. The minimum atomic E-state index is -3.93. The van der Waals surface area contributed by atoms with Gasteiger partial charge in [0.05, 0.1) is 17.2 Å². The minimum absolute atomic E-state index is 0.0475. The lowest BCUT2D eigenvalue weighted by atomic mass is 10.2. The first-order chi connectivity index (χ1) is 14.3. The summed E-state index contributed by atoms with van der Waals surface area (Å²) in [6, 6.07) is 17.7. The number of nitrogens with one attached hydrogen (secondary N) is 1. The third-order valence-electron chi connectivity index (χ3n) is 4.37. The summed E-state index contributed by atoms with van der Waals surface area (Å²) in [5.41, 5.74) is 1.05. The van der Waals surface area contributed by atoms with Crippen LogP contribution in [0, 0.1) is 5.82 Å². The molecule has 0 unspecified atom stereocenters. The van der Waals surface area contributed by atoms with Crippen molar-refractivity contribution in [2.75, 3.05) is 23.3 Å². The van der Waals surface area contributed by atoms with E-state index in [1.54, 1.807) is 24.3 Å². The molecule has 0 radical (unpaired) electrons. The Balaban J connectivity index is 1.80. The number of anilines is 2. The molecule has 0 aliphatic carbocycles. The summed E-state index contributed by atoms with van der Waals surface area (Å²) in [7, 11) is -2.56. The summed E-state index contributed by atoms with van der Waals surface area (Å²) in [4.78, 5) is 12.5. The zero-order valence-corrected chi connectivity index (χ0v) is 17.3. The fourth-order valence-corrected chi connectivity index (χ4v) is 3.99. The normalized spacial score (nSPS) is 11.0. The van der Waals surface area contributed by atoms with Crippen molar-refractivity contribution in [2.24, 2.45) is 0 Å². The summed E-state index contributed by atoms with van der Waals surface area (Å²) in [6.07, 6.45) is 0. The molecule has 1 amide bonds. The number of nitrogens with zero attached hydrogens (tertiary/aromatic N) is 1. The first kappa shape index (κ1) is 21.3.